The number of carboxylic acid groups (broad SMARTS) is 1. The Labute approximate surface area is 317 Å². The number of rotatable bonds is 14. The van der Waals surface area contributed by atoms with Crippen LogP contribution in [0.1, 0.15) is 62.7 Å². The summed E-state index contributed by atoms with van der Waals surface area (Å²) in [5, 5.41) is 14.1. The summed E-state index contributed by atoms with van der Waals surface area (Å²) in [5.41, 5.74) is 3.93. The number of aromatic nitrogens is 2. The average molecular weight is 755 g/mol. The predicted octanol–water partition coefficient (Wildman–Crippen LogP) is 7.04. The van der Waals surface area contributed by atoms with Gasteiger partial charge in [0.05, 0.1) is 23.4 Å². The minimum absolute atomic E-state index is 0.00403. The van der Waals surface area contributed by atoms with E-state index in [0.29, 0.717) is 71.2 Å². The number of nitrogens with zero attached hydrogens (tertiary/aromatic N) is 5. The second kappa shape index (κ2) is 17.3. The molecule has 13 heteroatoms. The fourth-order valence-electron chi connectivity index (χ4n) is 5.91. The first-order valence-corrected chi connectivity index (χ1v) is 19.2. The smallest absolute Gasteiger partial charge is 0.355 e. The summed E-state index contributed by atoms with van der Waals surface area (Å²) in [7, 11) is 4.12. The molecule has 0 atom stereocenters. The number of carboxylic acids is 1. The molecule has 0 unspecified atom stereocenters. The predicted molar refractivity (Wildman–Crippen MR) is 210 cm³/mol. The summed E-state index contributed by atoms with van der Waals surface area (Å²) >= 11 is 2.75. The number of hydrogen-bond donors (Lipinski definition) is 2. The molecule has 276 valence electrons. The van der Waals surface area contributed by atoms with Crippen LogP contribution >= 0.6 is 22.7 Å². The second-order valence-electron chi connectivity index (χ2n) is 13.3. The van der Waals surface area contributed by atoms with Crippen molar-refractivity contribution < 1.29 is 23.8 Å². The van der Waals surface area contributed by atoms with Gasteiger partial charge in [-0.1, -0.05) is 47.4 Å². The fourth-order valence-corrected chi connectivity index (χ4v) is 7.89. The molecule has 0 saturated carbocycles. The van der Waals surface area contributed by atoms with Crippen molar-refractivity contribution in [2.45, 2.75) is 45.7 Å². The highest BCUT2D eigenvalue weighted by Gasteiger charge is 2.27. The lowest BCUT2D eigenvalue weighted by Crippen LogP contribution is -2.34. The summed E-state index contributed by atoms with van der Waals surface area (Å²) in [4.78, 5) is 41.8. The molecule has 6 rings (SSSR count). The zero-order valence-electron chi connectivity index (χ0n) is 30.3. The number of carbonyl (C=O) groups excluding carboxylic acids is 1. The molecule has 1 amide bonds. The third-order valence-electron chi connectivity index (χ3n) is 9.23. The molecule has 0 saturated heterocycles. The van der Waals surface area contributed by atoms with Crippen molar-refractivity contribution in [1.82, 2.24) is 19.8 Å². The molecule has 0 fully saturated rings. The van der Waals surface area contributed by atoms with Crippen molar-refractivity contribution in [1.29, 1.82) is 0 Å². The first-order valence-electron chi connectivity index (χ1n) is 17.6. The van der Waals surface area contributed by atoms with Crippen LogP contribution in [0.25, 0.3) is 10.2 Å². The third kappa shape index (κ3) is 9.57. The fraction of sp³-hybridized carbons (Fsp3) is 0.350. The molecule has 10 nitrogen and oxygen atoms in total. The maximum absolute atomic E-state index is 14.9. The van der Waals surface area contributed by atoms with Gasteiger partial charge >= 0.3 is 5.97 Å². The molecule has 3 aromatic carbocycles. The van der Waals surface area contributed by atoms with Crippen molar-refractivity contribution in [2.75, 3.05) is 57.1 Å². The van der Waals surface area contributed by atoms with Gasteiger partial charge in [-0.05, 0) is 94.7 Å². The van der Waals surface area contributed by atoms with Gasteiger partial charge in [0.25, 0.3) is 5.91 Å². The summed E-state index contributed by atoms with van der Waals surface area (Å²) < 4.78 is 21.6. The maximum atomic E-state index is 14.9. The normalized spacial score (nSPS) is 12.6. The lowest BCUT2D eigenvalue weighted by atomic mass is 9.94. The van der Waals surface area contributed by atoms with Crippen LogP contribution in [0, 0.1) is 17.7 Å². The topological polar surface area (TPSA) is 111 Å². The summed E-state index contributed by atoms with van der Waals surface area (Å²) in [6.45, 7) is 8.00. The molecule has 0 aliphatic carbocycles. The number of halogens is 1. The molecule has 0 spiro atoms. The van der Waals surface area contributed by atoms with E-state index in [1.807, 2.05) is 48.3 Å². The molecule has 53 heavy (non-hydrogen) atoms. The van der Waals surface area contributed by atoms with Crippen molar-refractivity contribution in [3.05, 3.63) is 99.3 Å². The number of thiazole rings is 2. The first kappa shape index (κ1) is 37.9. The van der Waals surface area contributed by atoms with Crippen molar-refractivity contribution >= 4 is 55.0 Å². The van der Waals surface area contributed by atoms with Crippen molar-refractivity contribution in [3.8, 4) is 17.6 Å². The number of benzene rings is 3. The van der Waals surface area contributed by atoms with Crippen LogP contribution in [0.15, 0.2) is 60.7 Å². The van der Waals surface area contributed by atoms with Crippen LogP contribution in [-0.4, -0.2) is 89.7 Å². The first-order chi connectivity index (χ1) is 25.5. The Morgan fingerprint density at radius 2 is 1.91 bits per heavy atom. The lowest BCUT2D eigenvalue weighted by Gasteiger charge is -2.29. The van der Waals surface area contributed by atoms with Crippen LogP contribution in [0.3, 0.4) is 0 Å². The van der Waals surface area contributed by atoms with Gasteiger partial charge in [-0.25, -0.2) is 19.2 Å². The molecular weight excluding hydrogens is 712 g/mol. The van der Waals surface area contributed by atoms with Crippen LogP contribution in [-0.2, 0) is 19.4 Å². The van der Waals surface area contributed by atoms with Gasteiger partial charge in [0, 0.05) is 48.2 Å². The number of para-hydroxylation sites is 1. The maximum Gasteiger partial charge on any atom is 0.355 e. The molecule has 0 radical (unpaired) electrons. The van der Waals surface area contributed by atoms with Gasteiger partial charge in [0.15, 0.2) is 27.5 Å². The zero-order valence-corrected chi connectivity index (χ0v) is 32.0. The Morgan fingerprint density at radius 3 is 2.68 bits per heavy atom. The summed E-state index contributed by atoms with van der Waals surface area (Å²) in [6.07, 6.45) is 1.57. The van der Waals surface area contributed by atoms with Gasteiger partial charge < -0.3 is 19.6 Å². The standard InChI is InChI=1S/C40H43FN6O4S2/c1-26(2)46(4)22-21-45(3)19-8-10-27-16-17-33(31(41)24-27)51-23-9-15-35-36(38(49)50)43-40(53-35)47-20-18-28-11-7-12-29(30(28)25-47)37(48)44-39-42-32-13-5-6-14-34(32)52-39/h5-7,11-14,16-17,24,26H,9,15,18-23,25H2,1-4H3,(H,49,50)(H,42,44,48). The van der Waals surface area contributed by atoms with E-state index in [1.54, 1.807) is 18.2 Å². The molecule has 2 N–H and O–H groups in total. The van der Waals surface area contributed by atoms with Crippen molar-refractivity contribution in [3.63, 3.8) is 0 Å². The Balaban J connectivity index is 1.04. The number of nitrogens with one attached hydrogen (secondary N) is 1. The number of carbonyl (C=O) groups is 2. The number of aromatic carboxylic acids is 1. The largest absolute Gasteiger partial charge is 0.491 e. The van der Waals surface area contributed by atoms with Crippen molar-refractivity contribution in [2.24, 2.45) is 0 Å². The van der Waals surface area contributed by atoms with E-state index in [0.717, 1.165) is 34.4 Å². The van der Waals surface area contributed by atoms with E-state index in [2.05, 4.69) is 57.8 Å². The van der Waals surface area contributed by atoms with Gasteiger partial charge in [0.2, 0.25) is 0 Å². The number of aryl methyl sites for hydroxylation is 1. The number of amides is 1. The Bertz CT molecular complexity index is 2120. The van der Waals surface area contributed by atoms with E-state index in [-0.39, 0.29) is 24.0 Å². The number of likely N-dealkylation sites (N-methyl/N-ethyl adjacent to an activating group) is 2. The van der Waals surface area contributed by atoms with E-state index >= 15 is 0 Å². The Kier molecular flexibility index (Phi) is 12.4. The molecule has 0 bridgehead atoms. The molecule has 1 aliphatic heterocycles. The number of fused-ring (bicyclic) bond motifs is 2. The van der Waals surface area contributed by atoms with Crippen LogP contribution in [0.4, 0.5) is 14.7 Å². The average Bonchev–Trinajstić information content (AvgIpc) is 3.76. The second-order valence-corrected chi connectivity index (χ2v) is 15.4. The van der Waals surface area contributed by atoms with Gasteiger partial charge in [-0.15, -0.1) is 11.3 Å². The van der Waals surface area contributed by atoms with E-state index in [4.69, 9.17) is 4.74 Å². The highest BCUT2D eigenvalue weighted by Crippen LogP contribution is 2.33. The monoisotopic (exact) mass is 754 g/mol. The van der Waals surface area contributed by atoms with Gasteiger partial charge in [0.1, 0.15) is 0 Å². The molecule has 1 aliphatic rings. The molecule has 2 aromatic heterocycles. The van der Waals surface area contributed by atoms with E-state index in [1.165, 1.54) is 28.7 Å². The third-order valence-corrected chi connectivity index (χ3v) is 11.4. The summed E-state index contributed by atoms with van der Waals surface area (Å²) in [6, 6.07) is 18.6. The van der Waals surface area contributed by atoms with E-state index in [9.17, 15) is 19.1 Å². The van der Waals surface area contributed by atoms with E-state index < -0.39 is 11.8 Å². The van der Waals surface area contributed by atoms with Gasteiger partial charge in [-0.3, -0.25) is 15.0 Å². The van der Waals surface area contributed by atoms with Crippen LogP contribution in [0.5, 0.6) is 5.75 Å². The Hall–Kier alpha value is -4.87. The Morgan fingerprint density at radius 1 is 1.08 bits per heavy atom. The minimum atomic E-state index is -1.10. The number of hydrogen-bond acceptors (Lipinski definition) is 10. The highest BCUT2D eigenvalue weighted by molar-refractivity contribution is 7.22. The van der Waals surface area contributed by atoms with Crippen LogP contribution in [0.2, 0.25) is 0 Å². The lowest BCUT2D eigenvalue weighted by molar-refractivity contribution is 0.0690. The number of ether oxygens (including phenoxy) is 1. The molecule has 3 heterocycles. The van der Waals surface area contributed by atoms with Gasteiger partial charge in [-0.2, -0.15) is 0 Å². The SMILES string of the molecule is CC(C)N(C)CCN(C)CC#Cc1ccc(OCCCc2sc(N3CCc4cccc(C(=O)Nc5nc6ccccc6s5)c4C3)nc2C(=O)O)c(F)c1. The van der Waals surface area contributed by atoms with Crippen LogP contribution < -0.4 is 15.0 Å². The quantitative estimate of drug-likeness (QED) is 0.0912. The number of anilines is 2. The zero-order chi connectivity index (χ0) is 37.5. The summed E-state index contributed by atoms with van der Waals surface area (Å²) in [5.74, 6) is 4.43. The minimum Gasteiger partial charge on any atom is -0.491 e. The highest BCUT2D eigenvalue weighted by atomic mass is 32.1. The molecular formula is C40H43FN6O4S2. The molecule has 5 aromatic rings.